The zero-order valence-corrected chi connectivity index (χ0v) is 10.1. The molecule has 0 aromatic heterocycles. The van der Waals surface area contributed by atoms with Crippen molar-refractivity contribution in [3.63, 3.8) is 0 Å². The zero-order chi connectivity index (χ0) is 11.1. The molecule has 0 spiro atoms. The first kappa shape index (κ1) is 12.2. The maximum absolute atomic E-state index is 10.8. The number of ether oxygens (including phenoxy) is 2. The van der Waals surface area contributed by atoms with E-state index in [9.17, 15) is 4.79 Å². The van der Waals surface area contributed by atoms with Crippen molar-refractivity contribution in [2.45, 2.75) is 13.0 Å². The van der Waals surface area contributed by atoms with E-state index in [2.05, 4.69) is 20.7 Å². The third kappa shape index (κ3) is 4.95. The highest BCUT2D eigenvalue weighted by atomic mass is 79.9. The Labute approximate surface area is 97.5 Å². The Balaban J connectivity index is 2.20. The number of hydrogen-bond acceptors (Lipinski definition) is 3. The highest BCUT2D eigenvalue weighted by molar-refractivity contribution is 9.10. The molecule has 1 aromatic rings. The largest absolute Gasteiger partial charge is 0.469 e. The van der Waals surface area contributed by atoms with Crippen LogP contribution < -0.4 is 0 Å². The van der Waals surface area contributed by atoms with Gasteiger partial charge in [0.15, 0.2) is 0 Å². The van der Waals surface area contributed by atoms with Gasteiger partial charge >= 0.3 is 5.97 Å². The standard InChI is InChI=1S/C11H13BrO3/c1-14-11(13)6-7-15-8-9-2-4-10(12)5-3-9/h2-5H,6-8H2,1H3. The molecule has 0 atom stereocenters. The minimum Gasteiger partial charge on any atom is -0.469 e. The van der Waals surface area contributed by atoms with Gasteiger partial charge in [-0.05, 0) is 17.7 Å². The summed E-state index contributed by atoms with van der Waals surface area (Å²) in [6, 6.07) is 7.86. The molecule has 0 saturated heterocycles. The number of carbonyl (C=O) groups is 1. The first-order valence-electron chi connectivity index (χ1n) is 4.61. The maximum Gasteiger partial charge on any atom is 0.307 e. The molecule has 4 heteroatoms. The van der Waals surface area contributed by atoms with Crippen molar-refractivity contribution in [3.8, 4) is 0 Å². The summed E-state index contributed by atoms with van der Waals surface area (Å²) in [6.45, 7) is 0.910. The van der Waals surface area contributed by atoms with Crippen molar-refractivity contribution in [3.05, 3.63) is 34.3 Å². The van der Waals surface area contributed by atoms with E-state index in [1.165, 1.54) is 7.11 Å². The van der Waals surface area contributed by atoms with Crippen LogP contribution in [0.4, 0.5) is 0 Å². The summed E-state index contributed by atoms with van der Waals surface area (Å²) in [7, 11) is 1.37. The van der Waals surface area contributed by atoms with Gasteiger partial charge in [0, 0.05) is 4.47 Å². The van der Waals surface area contributed by atoms with Crippen LogP contribution in [-0.4, -0.2) is 19.7 Å². The summed E-state index contributed by atoms with van der Waals surface area (Å²) < 4.78 is 10.9. The van der Waals surface area contributed by atoms with E-state index in [0.717, 1.165) is 10.0 Å². The molecule has 0 fully saturated rings. The summed E-state index contributed by atoms with van der Waals surface area (Å²) in [5, 5.41) is 0. The molecule has 0 aliphatic carbocycles. The van der Waals surface area contributed by atoms with Crippen molar-refractivity contribution in [2.75, 3.05) is 13.7 Å². The molecule has 1 aromatic carbocycles. The van der Waals surface area contributed by atoms with Crippen molar-refractivity contribution >= 4 is 21.9 Å². The van der Waals surface area contributed by atoms with Crippen LogP contribution >= 0.6 is 15.9 Å². The second kappa shape index (κ2) is 6.58. The number of methoxy groups -OCH3 is 1. The van der Waals surface area contributed by atoms with E-state index in [4.69, 9.17) is 4.74 Å². The van der Waals surface area contributed by atoms with Crippen molar-refractivity contribution in [1.82, 2.24) is 0 Å². The Morgan fingerprint density at radius 2 is 2.00 bits per heavy atom. The van der Waals surface area contributed by atoms with Crippen LogP contribution in [0, 0.1) is 0 Å². The van der Waals surface area contributed by atoms with Crippen LogP contribution in [0.25, 0.3) is 0 Å². The number of benzene rings is 1. The average Bonchev–Trinajstić information content (AvgIpc) is 2.26. The fourth-order valence-corrected chi connectivity index (χ4v) is 1.29. The summed E-state index contributed by atoms with van der Waals surface area (Å²) in [5.74, 6) is -0.245. The second-order valence-corrected chi connectivity index (χ2v) is 3.92. The van der Waals surface area contributed by atoms with E-state index in [0.29, 0.717) is 19.6 Å². The summed E-state index contributed by atoms with van der Waals surface area (Å²) >= 11 is 3.35. The van der Waals surface area contributed by atoms with Gasteiger partial charge in [-0.2, -0.15) is 0 Å². The molecule has 82 valence electrons. The van der Waals surface area contributed by atoms with Crippen LogP contribution in [0.1, 0.15) is 12.0 Å². The number of hydrogen-bond donors (Lipinski definition) is 0. The SMILES string of the molecule is COC(=O)CCOCc1ccc(Br)cc1. The van der Waals surface area contributed by atoms with E-state index < -0.39 is 0 Å². The van der Waals surface area contributed by atoms with Crippen LogP contribution in [0.3, 0.4) is 0 Å². The Bertz CT molecular complexity index is 308. The third-order valence-corrected chi connectivity index (χ3v) is 2.39. The Morgan fingerprint density at radius 1 is 1.33 bits per heavy atom. The van der Waals surface area contributed by atoms with Crippen LogP contribution in [-0.2, 0) is 20.9 Å². The Kier molecular flexibility index (Phi) is 5.36. The minimum atomic E-state index is -0.245. The minimum absolute atomic E-state index is 0.245. The monoisotopic (exact) mass is 272 g/mol. The molecule has 1 rings (SSSR count). The third-order valence-electron chi connectivity index (χ3n) is 1.86. The van der Waals surface area contributed by atoms with Gasteiger partial charge in [-0.3, -0.25) is 4.79 Å². The van der Waals surface area contributed by atoms with Gasteiger partial charge in [0.1, 0.15) is 0 Å². The van der Waals surface area contributed by atoms with Crippen molar-refractivity contribution in [2.24, 2.45) is 0 Å². The van der Waals surface area contributed by atoms with Gasteiger partial charge in [0.05, 0.1) is 26.7 Å². The topological polar surface area (TPSA) is 35.5 Å². The molecule has 3 nitrogen and oxygen atoms in total. The molecule has 0 N–H and O–H groups in total. The summed E-state index contributed by atoms with van der Waals surface area (Å²) in [4.78, 5) is 10.8. The molecule has 0 bridgehead atoms. The van der Waals surface area contributed by atoms with Crippen molar-refractivity contribution < 1.29 is 14.3 Å². The van der Waals surface area contributed by atoms with Gasteiger partial charge < -0.3 is 9.47 Å². The quantitative estimate of drug-likeness (QED) is 0.611. The first-order valence-corrected chi connectivity index (χ1v) is 5.40. The van der Waals surface area contributed by atoms with Crippen LogP contribution in [0.5, 0.6) is 0 Å². The normalized spacial score (nSPS) is 10.0. The lowest BCUT2D eigenvalue weighted by atomic mass is 10.2. The maximum atomic E-state index is 10.8. The highest BCUT2D eigenvalue weighted by Crippen LogP contribution is 2.11. The molecule has 0 heterocycles. The molecule has 0 aliphatic rings. The number of halogens is 1. The molecular weight excluding hydrogens is 260 g/mol. The predicted octanol–water partition coefficient (Wildman–Crippen LogP) is 2.53. The molecule has 15 heavy (non-hydrogen) atoms. The number of esters is 1. The summed E-state index contributed by atoms with van der Waals surface area (Å²) in [6.07, 6.45) is 0.299. The van der Waals surface area contributed by atoms with Gasteiger partial charge in [-0.25, -0.2) is 0 Å². The molecular formula is C11H13BrO3. The smallest absolute Gasteiger partial charge is 0.307 e. The zero-order valence-electron chi connectivity index (χ0n) is 8.53. The lowest BCUT2D eigenvalue weighted by Crippen LogP contribution is -2.05. The van der Waals surface area contributed by atoms with Gasteiger partial charge in [-0.15, -0.1) is 0 Å². The lowest BCUT2D eigenvalue weighted by molar-refractivity contribution is -0.141. The fraction of sp³-hybridized carbons (Fsp3) is 0.364. The lowest BCUT2D eigenvalue weighted by Gasteiger charge is -2.03. The molecule has 0 aliphatic heterocycles. The molecule has 0 saturated carbocycles. The Hall–Kier alpha value is -0.870. The fourth-order valence-electron chi connectivity index (χ4n) is 1.03. The summed E-state index contributed by atoms with van der Waals surface area (Å²) in [5.41, 5.74) is 1.09. The van der Waals surface area contributed by atoms with E-state index >= 15 is 0 Å². The van der Waals surface area contributed by atoms with Gasteiger partial charge in [-0.1, -0.05) is 28.1 Å². The Morgan fingerprint density at radius 3 is 2.60 bits per heavy atom. The number of carbonyl (C=O) groups excluding carboxylic acids is 1. The van der Waals surface area contributed by atoms with Crippen LogP contribution in [0.2, 0.25) is 0 Å². The average molecular weight is 273 g/mol. The van der Waals surface area contributed by atoms with E-state index in [1.807, 2.05) is 24.3 Å². The highest BCUT2D eigenvalue weighted by Gasteiger charge is 1.99. The van der Waals surface area contributed by atoms with Crippen LogP contribution in [0.15, 0.2) is 28.7 Å². The second-order valence-electron chi connectivity index (χ2n) is 3.01. The predicted molar refractivity (Wildman–Crippen MR) is 60.4 cm³/mol. The van der Waals surface area contributed by atoms with E-state index in [1.54, 1.807) is 0 Å². The van der Waals surface area contributed by atoms with E-state index in [-0.39, 0.29) is 5.97 Å². The molecule has 0 amide bonds. The molecule has 0 radical (unpaired) electrons. The first-order chi connectivity index (χ1) is 7.22. The van der Waals surface area contributed by atoms with Gasteiger partial charge in [0.25, 0.3) is 0 Å². The molecule has 0 unspecified atom stereocenters. The van der Waals surface area contributed by atoms with Gasteiger partial charge in [0.2, 0.25) is 0 Å². The van der Waals surface area contributed by atoms with Crippen molar-refractivity contribution in [1.29, 1.82) is 0 Å². The number of rotatable bonds is 5.